The summed E-state index contributed by atoms with van der Waals surface area (Å²) in [5.74, 6) is 1.09. The Labute approximate surface area is 128 Å². The predicted molar refractivity (Wildman–Crippen MR) is 80.2 cm³/mol. The van der Waals surface area contributed by atoms with Crippen LogP contribution in [0.15, 0.2) is 28.9 Å². The van der Waals surface area contributed by atoms with Crippen molar-refractivity contribution in [2.45, 2.75) is 32.3 Å². The summed E-state index contributed by atoms with van der Waals surface area (Å²) >= 11 is 0. The summed E-state index contributed by atoms with van der Waals surface area (Å²) in [6, 6.07) is 3.70. The fourth-order valence-corrected chi connectivity index (χ4v) is 2.45. The number of amides is 1. The molecule has 0 aliphatic carbocycles. The zero-order chi connectivity index (χ0) is 15.4. The molecule has 2 aromatic heterocycles. The van der Waals surface area contributed by atoms with Gasteiger partial charge >= 0.3 is 0 Å². The lowest BCUT2D eigenvalue weighted by molar-refractivity contribution is -0.121. The molecule has 1 N–H and O–H groups in total. The Balaban J connectivity index is 1.60. The second kappa shape index (κ2) is 6.70. The van der Waals surface area contributed by atoms with Crippen LogP contribution in [0, 0.1) is 6.92 Å². The van der Waals surface area contributed by atoms with Gasteiger partial charge < -0.3 is 14.5 Å². The molecule has 1 amide bonds. The summed E-state index contributed by atoms with van der Waals surface area (Å²) in [5, 5.41) is 2.89. The molecule has 116 valence electrons. The highest BCUT2D eigenvalue weighted by molar-refractivity contribution is 5.78. The monoisotopic (exact) mass is 301 g/mol. The number of nitrogens with one attached hydrogen (secondary N) is 1. The number of oxazole rings is 1. The Hall–Kier alpha value is -2.21. The Bertz CT molecular complexity index is 633. The van der Waals surface area contributed by atoms with Crippen molar-refractivity contribution in [3.05, 3.63) is 36.0 Å². The molecule has 1 fully saturated rings. The first-order chi connectivity index (χ1) is 10.7. The van der Waals surface area contributed by atoms with Gasteiger partial charge in [0.1, 0.15) is 5.76 Å². The van der Waals surface area contributed by atoms with Gasteiger partial charge in [-0.15, -0.1) is 0 Å². The molecule has 0 radical (unpaired) electrons. The lowest BCUT2D eigenvalue weighted by Gasteiger charge is -2.10. The summed E-state index contributed by atoms with van der Waals surface area (Å²) < 4.78 is 11.1. The van der Waals surface area contributed by atoms with Crippen LogP contribution in [0.2, 0.25) is 0 Å². The van der Waals surface area contributed by atoms with E-state index in [2.05, 4.69) is 15.3 Å². The second-order valence-corrected chi connectivity index (χ2v) is 5.38. The maximum Gasteiger partial charge on any atom is 0.228 e. The topological polar surface area (TPSA) is 77.2 Å². The molecule has 22 heavy (non-hydrogen) atoms. The molecule has 0 saturated carbocycles. The summed E-state index contributed by atoms with van der Waals surface area (Å²) in [4.78, 5) is 20.4. The molecule has 0 bridgehead atoms. The van der Waals surface area contributed by atoms with Crippen molar-refractivity contribution >= 4 is 5.91 Å². The van der Waals surface area contributed by atoms with Gasteiger partial charge in [-0.05, 0) is 31.9 Å². The van der Waals surface area contributed by atoms with E-state index in [0.717, 1.165) is 25.0 Å². The fraction of sp³-hybridized carbons (Fsp3) is 0.438. The van der Waals surface area contributed by atoms with E-state index in [0.29, 0.717) is 23.9 Å². The van der Waals surface area contributed by atoms with Crippen molar-refractivity contribution in [2.75, 3.05) is 13.2 Å². The average Bonchev–Trinajstić information content (AvgIpc) is 3.17. The first kappa shape index (κ1) is 14.7. The summed E-state index contributed by atoms with van der Waals surface area (Å²) in [7, 11) is 0. The van der Waals surface area contributed by atoms with Gasteiger partial charge in [0.15, 0.2) is 0 Å². The Morgan fingerprint density at radius 3 is 3.14 bits per heavy atom. The Morgan fingerprint density at radius 2 is 2.41 bits per heavy atom. The molecule has 3 heterocycles. The molecule has 1 aliphatic heterocycles. The maximum absolute atomic E-state index is 12.0. The van der Waals surface area contributed by atoms with E-state index in [-0.39, 0.29) is 18.4 Å². The largest absolute Gasteiger partial charge is 0.441 e. The lowest BCUT2D eigenvalue weighted by Crippen LogP contribution is -2.32. The molecule has 3 rings (SSSR count). The van der Waals surface area contributed by atoms with Crippen LogP contribution in [0.5, 0.6) is 0 Å². The fourth-order valence-electron chi connectivity index (χ4n) is 2.45. The Kier molecular flexibility index (Phi) is 4.48. The predicted octanol–water partition coefficient (Wildman–Crippen LogP) is 1.88. The zero-order valence-corrected chi connectivity index (χ0v) is 12.5. The number of pyridine rings is 1. The first-order valence-corrected chi connectivity index (χ1v) is 7.47. The van der Waals surface area contributed by atoms with Crippen molar-refractivity contribution in [2.24, 2.45) is 0 Å². The van der Waals surface area contributed by atoms with E-state index in [1.54, 1.807) is 12.4 Å². The third-order valence-electron chi connectivity index (χ3n) is 3.68. The van der Waals surface area contributed by atoms with Crippen molar-refractivity contribution in [3.8, 4) is 11.5 Å². The number of hydrogen-bond acceptors (Lipinski definition) is 5. The van der Waals surface area contributed by atoms with Crippen molar-refractivity contribution < 1.29 is 13.9 Å². The van der Waals surface area contributed by atoms with Crippen LogP contribution in [0.3, 0.4) is 0 Å². The molecule has 2 aromatic rings. The molecule has 1 atom stereocenters. The van der Waals surface area contributed by atoms with Crippen molar-refractivity contribution in [1.82, 2.24) is 15.3 Å². The standard InChI is InChI=1S/C16H19N3O3/c1-11-14(8-15(20)18-10-13-5-3-7-21-13)19-16(22-11)12-4-2-6-17-9-12/h2,4,6,9,13H,3,5,7-8,10H2,1H3,(H,18,20). The minimum atomic E-state index is -0.0652. The molecule has 6 nitrogen and oxygen atoms in total. The van der Waals surface area contributed by atoms with Gasteiger partial charge in [-0.2, -0.15) is 0 Å². The molecular formula is C16H19N3O3. The van der Waals surface area contributed by atoms with Gasteiger partial charge in [0.25, 0.3) is 0 Å². The van der Waals surface area contributed by atoms with Gasteiger partial charge in [-0.25, -0.2) is 4.98 Å². The number of nitrogens with zero attached hydrogens (tertiary/aromatic N) is 2. The molecule has 1 aliphatic rings. The van der Waals surface area contributed by atoms with Crippen LogP contribution in [0.25, 0.3) is 11.5 Å². The summed E-state index contributed by atoms with van der Waals surface area (Å²) in [6.45, 7) is 3.16. The van der Waals surface area contributed by atoms with Gasteiger partial charge in [-0.1, -0.05) is 0 Å². The van der Waals surface area contributed by atoms with Crippen LogP contribution in [0.1, 0.15) is 24.3 Å². The highest BCUT2D eigenvalue weighted by Crippen LogP contribution is 2.21. The van der Waals surface area contributed by atoms with E-state index in [4.69, 9.17) is 9.15 Å². The normalized spacial score (nSPS) is 17.6. The van der Waals surface area contributed by atoms with Crippen LogP contribution in [-0.4, -0.2) is 35.1 Å². The quantitative estimate of drug-likeness (QED) is 0.912. The number of aromatic nitrogens is 2. The van der Waals surface area contributed by atoms with Crippen molar-refractivity contribution in [1.29, 1.82) is 0 Å². The smallest absolute Gasteiger partial charge is 0.228 e. The molecule has 0 spiro atoms. The number of ether oxygens (including phenoxy) is 1. The molecule has 1 saturated heterocycles. The van der Waals surface area contributed by atoms with E-state index < -0.39 is 0 Å². The average molecular weight is 301 g/mol. The van der Waals surface area contributed by atoms with Crippen molar-refractivity contribution in [3.63, 3.8) is 0 Å². The van der Waals surface area contributed by atoms with E-state index in [9.17, 15) is 4.79 Å². The van der Waals surface area contributed by atoms with E-state index in [1.807, 2.05) is 19.1 Å². The molecular weight excluding hydrogens is 282 g/mol. The summed E-state index contributed by atoms with van der Waals surface area (Å²) in [5.41, 5.74) is 1.46. The van der Waals surface area contributed by atoms with Crippen LogP contribution in [0.4, 0.5) is 0 Å². The van der Waals surface area contributed by atoms with E-state index in [1.165, 1.54) is 0 Å². The number of carbonyl (C=O) groups excluding carboxylic acids is 1. The summed E-state index contributed by atoms with van der Waals surface area (Å²) in [6.07, 6.45) is 5.81. The molecule has 0 aromatic carbocycles. The first-order valence-electron chi connectivity index (χ1n) is 7.47. The van der Waals surface area contributed by atoms with E-state index >= 15 is 0 Å². The number of carbonyl (C=O) groups is 1. The Morgan fingerprint density at radius 1 is 1.50 bits per heavy atom. The highest BCUT2D eigenvalue weighted by atomic mass is 16.5. The highest BCUT2D eigenvalue weighted by Gasteiger charge is 2.18. The minimum Gasteiger partial charge on any atom is -0.441 e. The molecule has 6 heteroatoms. The number of aryl methyl sites for hydroxylation is 1. The zero-order valence-electron chi connectivity index (χ0n) is 12.5. The van der Waals surface area contributed by atoms with Crippen LogP contribution >= 0.6 is 0 Å². The number of hydrogen-bond donors (Lipinski definition) is 1. The lowest BCUT2D eigenvalue weighted by atomic mass is 10.2. The van der Waals surface area contributed by atoms with Gasteiger partial charge in [0.05, 0.1) is 23.8 Å². The SMILES string of the molecule is Cc1oc(-c2cccnc2)nc1CC(=O)NCC1CCCO1. The van der Waals surface area contributed by atoms with Crippen LogP contribution in [-0.2, 0) is 16.0 Å². The van der Waals surface area contributed by atoms with Gasteiger partial charge in [0, 0.05) is 25.5 Å². The van der Waals surface area contributed by atoms with Gasteiger partial charge in [-0.3, -0.25) is 9.78 Å². The molecule has 1 unspecified atom stereocenters. The maximum atomic E-state index is 12.0. The van der Waals surface area contributed by atoms with Crippen LogP contribution < -0.4 is 5.32 Å². The number of rotatable bonds is 5. The second-order valence-electron chi connectivity index (χ2n) is 5.38. The third-order valence-corrected chi connectivity index (χ3v) is 3.68. The third kappa shape index (κ3) is 3.51. The van der Waals surface area contributed by atoms with Gasteiger partial charge in [0.2, 0.25) is 11.8 Å². The minimum absolute atomic E-state index is 0.0652.